The van der Waals surface area contributed by atoms with Gasteiger partial charge in [-0.15, -0.1) is 0 Å². The van der Waals surface area contributed by atoms with Gasteiger partial charge in [0.2, 0.25) is 0 Å². The summed E-state index contributed by atoms with van der Waals surface area (Å²) in [6, 6.07) is 6.00. The third kappa shape index (κ3) is 7.34. The zero-order chi connectivity index (χ0) is 18.8. The van der Waals surface area contributed by atoms with Gasteiger partial charge in [-0.2, -0.15) is 0 Å². The number of rotatable bonds is 9. The van der Waals surface area contributed by atoms with Gasteiger partial charge in [-0.25, -0.2) is 9.59 Å². The molecule has 0 aliphatic rings. The second kappa shape index (κ2) is 10.5. The first-order chi connectivity index (χ1) is 11.9. The SMILES string of the molecule is COCc1cccc(C(=O)OCC(=O)NC(CC(C)C)C(=O)OC)c1. The molecule has 1 atom stereocenters. The van der Waals surface area contributed by atoms with E-state index in [-0.39, 0.29) is 5.92 Å². The van der Waals surface area contributed by atoms with Gasteiger partial charge in [-0.05, 0) is 30.0 Å². The molecule has 25 heavy (non-hydrogen) atoms. The molecule has 1 rings (SSSR count). The van der Waals surface area contributed by atoms with Gasteiger partial charge >= 0.3 is 11.9 Å². The fraction of sp³-hybridized carbons (Fsp3) is 0.500. The Morgan fingerprint density at radius 2 is 1.88 bits per heavy atom. The van der Waals surface area contributed by atoms with Gasteiger partial charge in [0.15, 0.2) is 6.61 Å². The smallest absolute Gasteiger partial charge is 0.338 e. The van der Waals surface area contributed by atoms with Gasteiger partial charge in [0.1, 0.15) is 6.04 Å². The van der Waals surface area contributed by atoms with Crippen LogP contribution in [0.1, 0.15) is 36.2 Å². The van der Waals surface area contributed by atoms with Crippen LogP contribution in [-0.4, -0.2) is 44.7 Å². The second-order valence-corrected chi connectivity index (χ2v) is 5.98. The Labute approximate surface area is 147 Å². The van der Waals surface area contributed by atoms with Crippen molar-refractivity contribution in [2.75, 3.05) is 20.8 Å². The van der Waals surface area contributed by atoms with Crippen molar-refractivity contribution in [2.24, 2.45) is 5.92 Å². The third-order valence-corrected chi connectivity index (χ3v) is 3.34. The van der Waals surface area contributed by atoms with Gasteiger partial charge in [0.25, 0.3) is 5.91 Å². The van der Waals surface area contributed by atoms with Gasteiger partial charge in [-0.1, -0.05) is 26.0 Å². The topological polar surface area (TPSA) is 90.9 Å². The first-order valence-corrected chi connectivity index (χ1v) is 7.99. The number of nitrogens with one attached hydrogen (secondary N) is 1. The maximum atomic E-state index is 12.0. The lowest BCUT2D eigenvalue weighted by Gasteiger charge is -2.18. The van der Waals surface area contributed by atoms with Crippen LogP contribution in [0.15, 0.2) is 24.3 Å². The van der Waals surface area contributed by atoms with Crippen LogP contribution < -0.4 is 5.32 Å². The van der Waals surface area contributed by atoms with Crippen molar-refractivity contribution < 1.29 is 28.6 Å². The van der Waals surface area contributed by atoms with Gasteiger partial charge in [0.05, 0.1) is 19.3 Å². The van der Waals surface area contributed by atoms with Crippen LogP contribution in [0.3, 0.4) is 0 Å². The molecule has 1 aromatic carbocycles. The average molecular weight is 351 g/mol. The van der Waals surface area contributed by atoms with E-state index in [1.807, 2.05) is 19.9 Å². The molecule has 1 N–H and O–H groups in total. The maximum absolute atomic E-state index is 12.0. The van der Waals surface area contributed by atoms with Crippen LogP contribution in [0.2, 0.25) is 0 Å². The lowest BCUT2D eigenvalue weighted by atomic mass is 10.0. The Bertz CT molecular complexity index is 599. The first kappa shape index (κ1) is 20.6. The molecule has 0 saturated heterocycles. The molecular weight excluding hydrogens is 326 g/mol. The quantitative estimate of drug-likeness (QED) is 0.681. The van der Waals surface area contributed by atoms with Crippen molar-refractivity contribution in [1.82, 2.24) is 5.32 Å². The predicted octanol–water partition coefficient (Wildman–Crippen LogP) is 1.69. The molecule has 1 unspecified atom stereocenters. The number of amides is 1. The van der Waals surface area contributed by atoms with Gasteiger partial charge in [-0.3, -0.25) is 4.79 Å². The van der Waals surface area contributed by atoms with Crippen LogP contribution in [0.5, 0.6) is 0 Å². The molecule has 0 radical (unpaired) electrons. The maximum Gasteiger partial charge on any atom is 0.338 e. The van der Waals surface area contributed by atoms with Crippen molar-refractivity contribution in [3.05, 3.63) is 35.4 Å². The monoisotopic (exact) mass is 351 g/mol. The Balaban J connectivity index is 2.58. The van der Waals surface area contributed by atoms with E-state index >= 15 is 0 Å². The first-order valence-electron chi connectivity index (χ1n) is 7.99. The fourth-order valence-corrected chi connectivity index (χ4v) is 2.23. The Morgan fingerprint density at radius 3 is 2.48 bits per heavy atom. The molecule has 1 amide bonds. The minimum atomic E-state index is -0.763. The van der Waals surface area contributed by atoms with Crippen molar-refractivity contribution in [1.29, 1.82) is 0 Å². The number of hydrogen-bond donors (Lipinski definition) is 1. The highest BCUT2D eigenvalue weighted by molar-refractivity contribution is 5.92. The van der Waals surface area contributed by atoms with Crippen molar-refractivity contribution in [3.63, 3.8) is 0 Å². The summed E-state index contributed by atoms with van der Waals surface area (Å²) in [5.41, 5.74) is 1.15. The molecule has 0 heterocycles. The molecule has 0 aliphatic carbocycles. The molecule has 0 fully saturated rings. The number of ether oxygens (including phenoxy) is 3. The summed E-state index contributed by atoms with van der Waals surface area (Å²) in [5.74, 6) is -1.51. The number of carbonyl (C=O) groups excluding carboxylic acids is 3. The Hall–Kier alpha value is -2.41. The lowest BCUT2D eigenvalue weighted by Crippen LogP contribution is -2.44. The molecule has 0 bridgehead atoms. The van der Waals surface area contributed by atoms with E-state index < -0.39 is 30.5 Å². The van der Waals surface area contributed by atoms with E-state index in [9.17, 15) is 14.4 Å². The highest BCUT2D eigenvalue weighted by atomic mass is 16.5. The van der Waals surface area contributed by atoms with E-state index in [2.05, 4.69) is 10.1 Å². The molecule has 138 valence electrons. The largest absolute Gasteiger partial charge is 0.467 e. The molecule has 0 aliphatic heterocycles. The lowest BCUT2D eigenvalue weighted by molar-refractivity contribution is -0.145. The van der Waals surface area contributed by atoms with Crippen LogP contribution in [0, 0.1) is 5.92 Å². The summed E-state index contributed by atoms with van der Waals surface area (Å²) in [6.45, 7) is 3.75. The second-order valence-electron chi connectivity index (χ2n) is 5.98. The highest BCUT2D eigenvalue weighted by Gasteiger charge is 2.23. The predicted molar refractivity (Wildman–Crippen MR) is 90.8 cm³/mol. The summed E-state index contributed by atoms with van der Waals surface area (Å²) in [6.07, 6.45) is 0.436. The van der Waals surface area contributed by atoms with Crippen LogP contribution in [-0.2, 0) is 30.4 Å². The minimum absolute atomic E-state index is 0.190. The summed E-state index contributed by atoms with van der Waals surface area (Å²) < 4.78 is 14.7. The molecule has 0 saturated carbocycles. The molecule has 0 aromatic heterocycles. The summed E-state index contributed by atoms with van der Waals surface area (Å²) in [5, 5.41) is 2.53. The van der Waals surface area contributed by atoms with Gasteiger partial charge in [0, 0.05) is 7.11 Å². The summed E-state index contributed by atoms with van der Waals surface area (Å²) in [7, 11) is 2.82. The molecule has 0 spiro atoms. The number of methoxy groups -OCH3 is 2. The molecule has 7 nitrogen and oxygen atoms in total. The van der Waals surface area contributed by atoms with E-state index in [1.54, 1.807) is 25.3 Å². The number of hydrogen-bond acceptors (Lipinski definition) is 6. The van der Waals surface area contributed by atoms with Crippen LogP contribution in [0.25, 0.3) is 0 Å². The van der Waals surface area contributed by atoms with Crippen molar-refractivity contribution >= 4 is 17.8 Å². The standard InChI is InChI=1S/C18H25NO6/c1-12(2)8-15(18(22)24-4)19-16(20)11-25-17(21)14-7-5-6-13(9-14)10-23-3/h5-7,9,12,15H,8,10-11H2,1-4H3,(H,19,20). The zero-order valence-corrected chi connectivity index (χ0v) is 15.0. The van der Waals surface area contributed by atoms with E-state index in [1.165, 1.54) is 7.11 Å². The van der Waals surface area contributed by atoms with Crippen LogP contribution >= 0.6 is 0 Å². The highest BCUT2D eigenvalue weighted by Crippen LogP contribution is 2.09. The van der Waals surface area contributed by atoms with E-state index in [4.69, 9.17) is 9.47 Å². The normalized spacial score (nSPS) is 11.7. The third-order valence-electron chi connectivity index (χ3n) is 3.34. The number of carbonyl (C=O) groups is 3. The zero-order valence-electron chi connectivity index (χ0n) is 15.0. The van der Waals surface area contributed by atoms with E-state index in [0.29, 0.717) is 18.6 Å². The Morgan fingerprint density at radius 1 is 1.16 bits per heavy atom. The molecule has 7 heteroatoms. The van der Waals surface area contributed by atoms with Crippen molar-refractivity contribution in [2.45, 2.75) is 32.9 Å². The molecular formula is C18H25NO6. The summed E-state index contributed by atoms with van der Waals surface area (Å²) in [4.78, 5) is 35.7. The van der Waals surface area contributed by atoms with Crippen molar-refractivity contribution in [3.8, 4) is 0 Å². The van der Waals surface area contributed by atoms with Crippen LogP contribution in [0.4, 0.5) is 0 Å². The summed E-state index contributed by atoms with van der Waals surface area (Å²) >= 11 is 0. The average Bonchev–Trinajstić information content (AvgIpc) is 2.58. The number of benzene rings is 1. The fourth-order valence-electron chi connectivity index (χ4n) is 2.23. The van der Waals surface area contributed by atoms with Gasteiger partial charge < -0.3 is 19.5 Å². The molecule has 1 aromatic rings. The number of esters is 2. The minimum Gasteiger partial charge on any atom is -0.467 e. The van der Waals surface area contributed by atoms with E-state index in [0.717, 1.165) is 5.56 Å². The Kier molecular flexibility index (Phi) is 8.63.